The lowest BCUT2D eigenvalue weighted by Gasteiger charge is -2.20. The molecule has 4 rings (SSSR count). The Morgan fingerprint density at radius 1 is 1.13 bits per heavy atom. The molecule has 154 valence electrons. The van der Waals surface area contributed by atoms with Gasteiger partial charge in [-0.3, -0.25) is 10.2 Å². The minimum Gasteiger partial charge on any atom is -0.497 e. The molecule has 9 heteroatoms. The van der Waals surface area contributed by atoms with Crippen LogP contribution in [0.1, 0.15) is 23.9 Å². The van der Waals surface area contributed by atoms with Crippen LogP contribution in [0.3, 0.4) is 0 Å². The zero-order valence-electron chi connectivity index (χ0n) is 17.3. The maximum Gasteiger partial charge on any atom is 0.283 e. The van der Waals surface area contributed by atoms with Crippen LogP contribution in [0, 0.1) is 19.3 Å². The summed E-state index contributed by atoms with van der Waals surface area (Å²) in [4.78, 5) is 16.7. The number of methoxy groups -OCH3 is 2. The lowest BCUT2D eigenvalue weighted by atomic mass is 10.1. The third-order valence-corrected chi connectivity index (χ3v) is 5.78. The zero-order valence-corrected chi connectivity index (χ0v) is 18.1. The van der Waals surface area contributed by atoms with E-state index in [0.717, 1.165) is 27.7 Å². The van der Waals surface area contributed by atoms with E-state index in [2.05, 4.69) is 10.1 Å². The average Bonchev–Trinajstić information content (AvgIpc) is 3.23. The Morgan fingerprint density at radius 2 is 1.90 bits per heavy atom. The molecule has 1 aromatic carbocycles. The highest BCUT2D eigenvalue weighted by Crippen LogP contribution is 2.33. The first-order valence-electron chi connectivity index (χ1n) is 9.22. The largest absolute Gasteiger partial charge is 0.497 e. The second-order valence-corrected chi connectivity index (χ2v) is 8.00. The molecule has 30 heavy (non-hydrogen) atoms. The predicted octanol–water partition coefficient (Wildman–Crippen LogP) is 3.75. The molecule has 0 unspecified atom stereocenters. The summed E-state index contributed by atoms with van der Waals surface area (Å²) in [5, 5.41) is 15.3. The van der Waals surface area contributed by atoms with Crippen LogP contribution in [-0.4, -0.2) is 45.7 Å². The first-order chi connectivity index (χ1) is 14.3. The number of amidine groups is 2. The summed E-state index contributed by atoms with van der Waals surface area (Å²) >= 11 is 1.29. The van der Waals surface area contributed by atoms with Gasteiger partial charge in [0.2, 0.25) is 5.17 Å². The molecule has 0 atom stereocenters. The summed E-state index contributed by atoms with van der Waals surface area (Å²) in [6.45, 7) is 5.75. The van der Waals surface area contributed by atoms with Gasteiger partial charge in [-0.2, -0.15) is 15.1 Å². The fraction of sp³-hybridized carbons (Fsp3) is 0.238. The van der Waals surface area contributed by atoms with E-state index in [9.17, 15) is 4.79 Å². The topological polar surface area (TPSA) is 92.3 Å². The Bertz CT molecular complexity index is 1180. The van der Waals surface area contributed by atoms with Crippen LogP contribution in [0.4, 0.5) is 0 Å². The van der Waals surface area contributed by atoms with Crippen molar-refractivity contribution in [3.8, 4) is 17.2 Å². The first-order valence-corrected chi connectivity index (χ1v) is 10.0. The van der Waals surface area contributed by atoms with Crippen LogP contribution >= 0.6 is 11.8 Å². The molecule has 1 aromatic heterocycles. The van der Waals surface area contributed by atoms with E-state index in [0.29, 0.717) is 16.7 Å². The number of nitrogens with one attached hydrogen (secondary N) is 1. The Balaban J connectivity index is 1.81. The van der Waals surface area contributed by atoms with Crippen LogP contribution in [0.5, 0.6) is 11.5 Å². The molecule has 2 aliphatic rings. The molecule has 2 aliphatic heterocycles. The summed E-state index contributed by atoms with van der Waals surface area (Å²) in [6.07, 6.45) is 1.70. The number of aliphatic imine (C=N–C) groups is 1. The second kappa shape index (κ2) is 7.49. The number of hydrazone groups is 1. The van der Waals surface area contributed by atoms with Crippen molar-refractivity contribution in [3.63, 3.8) is 0 Å². The van der Waals surface area contributed by atoms with Crippen molar-refractivity contribution in [2.45, 2.75) is 20.8 Å². The van der Waals surface area contributed by atoms with Crippen LogP contribution in [0.25, 0.3) is 11.8 Å². The lowest BCUT2D eigenvalue weighted by Crippen LogP contribution is -2.35. The van der Waals surface area contributed by atoms with Crippen LogP contribution < -0.4 is 9.47 Å². The monoisotopic (exact) mass is 423 g/mol. The zero-order chi connectivity index (χ0) is 21.6. The molecular formula is C21H21N5O3S. The van der Waals surface area contributed by atoms with Crippen LogP contribution in [0.2, 0.25) is 0 Å². The normalized spacial score (nSPS) is 17.2. The number of nitrogens with zero attached hydrogens (tertiary/aromatic N) is 4. The standard InChI is InChI=1S/C21H21N5O3S/c1-11-8-14(9-16-19(22)26-21(23-20(16)27)30-13(3)24-26)12(2)25(11)17-10-15(28-4)6-7-18(17)29-5/h6-10,22H,1-5H3. The number of hydrogen-bond donors (Lipinski definition) is 1. The number of ether oxygens (including phenoxy) is 2. The fourth-order valence-corrected chi connectivity index (χ4v) is 4.25. The number of carbonyl (C=O) groups is 1. The van der Waals surface area contributed by atoms with Crippen LogP contribution in [-0.2, 0) is 4.79 Å². The molecule has 0 saturated carbocycles. The fourth-order valence-electron chi connectivity index (χ4n) is 3.52. The third kappa shape index (κ3) is 3.21. The highest BCUT2D eigenvalue weighted by atomic mass is 32.2. The van der Waals surface area contributed by atoms with Crippen molar-refractivity contribution >= 4 is 39.8 Å². The minimum absolute atomic E-state index is 0.0260. The number of benzene rings is 1. The first kappa shape index (κ1) is 20.0. The quantitative estimate of drug-likeness (QED) is 0.756. The van der Waals surface area contributed by atoms with Gasteiger partial charge in [0.05, 0.1) is 30.5 Å². The van der Waals surface area contributed by atoms with E-state index >= 15 is 0 Å². The molecular weight excluding hydrogens is 402 g/mol. The summed E-state index contributed by atoms with van der Waals surface area (Å²) < 4.78 is 12.9. The van der Waals surface area contributed by atoms with Gasteiger partial charge in [0, 0.05) is 17.5 Å². The van der Waals surface area contributed by atoms with Crippen molar-refractivity contribution in [1.29, 1.82) is 5.41 Å². The van der Waals surface area contributed by atoms with Crippen molar-refractivity contribution in [2.24, 2.45) is 10.1 Å². The van der Waals surface area contributed by atoms with Gasteiger partial charge in [-0.05, 0) is 62.4 Å². The number of aromatic nitrogens is 1. The van der Waals surface area contributed by atoms with Crippen molar-refractivity contribution < 1.29 is 14.3 Å². The lowest BCUT2D eigenvalue weighted by molar-refractivity contribution is -0.114. The number of carbonyl (C=O) groups excluding carboxylic acids is 1. The Labute approximate surface area is 178 Å². The Morgan fingerprint density at radius 3 is 2.60 bits per heavy atom. The SMILES string of the molecule is COc1ccc(OC)c(-n2c(C)cc(C=C3C(=N)N4N=C(C)SC4=NC3=O)c2C)c1. The molecule has 1 amide bonds. The second-order valence-electron chi connectivity index (χ2n) is 6.84. The van der Waals surface area contributed by atoms with E-state index in [1.54, 1.807) is 20.3 Å². The highest BCUT2D eigenvalue weighted by Gasteiger charge is 2.34. The van der Waals surface area contributed by atoms with E-state index in [4.69, 9.17) is 14.9 Å². The maximum absolute atomic E-state index is 12.6. The Hall–Kier alpha value is -3.33. The van der Waals surface area contributed by atoms with Gasteiger partial charge >= 0.3 is 0 Å². The van der Waals surface area contributed by atoms with Gasteiger partial charge in [-0.15, -0.1) is 0 Å². The van der Waals surface area contributed by atoms with Crippen LogP contribution in [0.15, 0.2) is 39.9 Å². The van der Waals surface area contributed by atoms with Crippen molar-refractivity contribution in [2.75, 3.05) is 14.2 Å². The number of hydrogen-bond acceptors (Lipinski definition) is 6. The smallest absolute Gasteiger partial charge is 0.283 e. The molecule has 0 fully saturated rings. The molecule has 0 saturated heterocycles. The number of rotatable bonds is 4. The summed E-state index contributed by atoms with van der Waals surface area (Å²) in [6, 6.07) is 7.56. The highest BCUT2D eigenvalue weighted by molar-refractivity contribution is 8.26. The number of thioether (sulfide) groups is 1. The molecule has 0 aliphatic carbocycles. The van der Waals surface area contributed by atoms with Crippen molar-refractivity contribution in [3.05, 3.63) is 46.8 Å². The van der Waals surface area contributed by atoms with E-state index in [-0.39, 0.29) is 11.4 Å². The van der Waals surface area contributed by atoms with E-state index in [1.807, 2.05) is 49.6 Å². The average molecular weight is 423 g/mol. The van der Waals surface area contributed by atoms with E-state index in [1.165, 1.54) is 16.8 Å². The predicted molar refractivity (Wildman–Crippen MR) is 119 cm³/mol. The van der Waals surface area contributed by atoms with Gasteiger partial charge in [-0.1, -0.05) is 0 Å². The molecule has 2 aromatic rings. The molecule has 0 bridgehead atoms. The molecule has 8 nitrogen and oxygen atoms in total. The molecule has 0 spiro atoms. The number of fused-ring (bicyclic) bond motifs is 1. The van der Waals surface area contributed by atoms with Crippen molar-refractivity contribution in [1.82, 2.24) is 9.58 Å². The number of amides is 1. The Kier molecular flexibility index (Phi) is 4.98. The van der Waals surface area contributed by atoms with Gasteiger partial charge in [0.1, 0.15) is 11.5 Å². The molecule has 3 heterocycles. The van der Waals surface area contributed by atoms with E-state index < -0.39 is 5.91 Å². The molecule has 0 radical (unpaired) electrons. The van der Waals surface area contributed by atoms with Gasteiger partial charge in [0.25, 0.3) is 5.91 Å². The van der Waals surface area contributed by atoms with Gasteiger partial charge < -0.3 is 14.0 Å². The van der Waals surface area contributed by atoms with Gasteiger partial charge in [0.15, 0.2) is 5.84 Å². The maximum atomic E-state index is 12.6. The molecule has 1 N–H and O–H groups in total. The summed E-state index contributed by atoms with van der Waals surface area (Å²) in [5.41, 5.74) is 3.71. The van der Waals surface area contributed by atoms with Gasteiger partial charge in [-0.25, -0.2) is 0 Å². The summed E-state index contributed by atoms with van der Waals surface area (Å²) in [7, 11) is 3.24. The summed E-state index contributed by atoms with van der Waals surface area (Å²) in [5.74, 6) is 1.00. The number of aryl methyl sites for hydroxylation is 1. The third-order valence-electron chi connectivity index (χ3n) is 4.95. The minimum atomic E-state index is -0.438.